The number of nitrogens with one attached hydrogen (secondary N) is 1. The molecule has 1 saturated carbocycles. The van der Waals surface area contributed by atoms with Crippen molar-refractivity contribution in [3.63, 3.8) is 0 Å². The van der Waals surface area contributed by atoms with Gasteiger partial charge in [-0.05, 0) is 44.9 Å². The summed E-state index contributed by atoms with van der Waals surface area (Å²) in [4.78, 5) is 24.4. The second-order valence-electron chi connectivity index (χ2n) is 6.82. The minimum atomic E-state index is -1.17. The van der Waals surface area contributed by atoms with E-state index in [2.05, 4.69) is 10.4 Å². The Morgan fingerprint density at radius 3 is 2.36 bits per heavy atom. The average molecular weight is 341 g/mol. The van der Waals surface area contributed by atoms with Crippen molar-refractivity contribution in [2.75, 3.05) is 0 Å². The molecule has 1 amide bonds. The molecular formula is C19H23N3O3. The Labute approximate surface area is 146 Å². The van der Waals surface area contributed by atoms with Gasteiger partial charge in [0.15, 0.2) is 5.69 Å². The van der Waals surface area contributed by atoms with Gasteiger partial charge in [0.2, 0.25) is 0 Å². The Kier molecular flexibility index (Phi) is 4.61. The second-order valence-corrected chi connectivity index (χ2v) is 6.82. The van der Waals surface area contributed by atoms with Crippen molar-refractivity contribution in [2.45, 2.75) is 51.5 Å². The molecule has 25 heavy (non-hydrogen) atoms. The number of aryl methyl sites for hydroxylation is 2. The number of hydrogen-bond donors (Lipinski definition) is 2. The molecule has 1 fully saturated rings. The van der Waals surface area contributed by atoms with Crippen LogP contribution >= 0.6 is 0 Å². The van der Waals surface area contributed by atoms with Gasteiger partial charge in [-0.15, -0.1) is 0 Å². The van der Waals surface area contributed by atoms with Crippen LogP contribution in [0, 0.1) is 13.8 Å². The number of amides is 1. The van der Waals surface area contributed by atoms with Gasteiger partial charge in [0, 0.05) is 5.69 Å². The highest BCUT2D eigenvalue weighted by Gasteiger charge is 2.41. The van der Waals surface area contributed by atoms with E-state index in [-0.39, 0.29) is 5.69 Å². The first-order valence-corrected chi connectivity index (χ1v) is 8.61. The average Bonchev–Trinajstić information content (AvgIpc) is 2.98. The summed E-state index contributed by atoms with van der Waals surface area (Å²) in [6.45, 7) is 3.88. The Morgan fingerprint density at radius 2 is 1.76 bits per heavy atom. The molecule has 1 aliphatic rings. The molecule has 6 heteroatoms. The summed E-state index contributed by atoms with van der Waals surface area (Å²) in [6, 6.07) is 9.54. The summed E-state index contributed by atoms with van der Waals surface area (Å²) in [5.41, 5.74) is 1.91. The van der Waals surface area contributed by atoms with Crippen LogP contribution in [0.3, 0.4) is 0 Å². The highest BCUT2D eigenvalue weighted by Crippen LogP contribution is 2.29. The number of carboxylic acid groups (broad SMARTS) is 1. The number of carbonyl (C=O) groups excluding carboxylic acids is 1. The minimum Gasteiger partial charge on any atom is -0.480 e. The summed E-state index contributed by atoms with van der Waals surface area (Å²) < 4.78 is 1.70. The second kappa shape index (κ2) is 6.70. The molecule has 1 aromatic heterocycles. The fraction of sp³-hybridized carbons (Fsp3) is 0.421. The number of aliphatic carboxylic acids is 1. The summed E-state index contributed by atoms with van der Waals surface area (Å²) >= 11 is 0. The number of benzene rings is 1. The van der Waals surface area contributed by atoms with Gasteiger partial charge in [0.05, 0.1) is 5.69 Å². The zero-order chi connectivity index (χ0) is 18.0. The quantitative estimate of drug-likeness (QED) is 0.895. The van der Waals surface area contributed by atoms with Crippen LogP contribution in [0.1, 0.15) is 53.8 Å². The lowest BCUT2D eigenvalue weighted by atomic mass is 9.81. The van der Waals surface area contributed by atoms with Crippen LogP contribution < -0.4 is 5.32 Å². The van der Waals surface area contributed by atoms with E-state index < -0.39 is 17.4 Å². The zero-order valence-corrected chi connectivity index (χ0v) is 14.6. The molecule has 0 spiro atoms. The van der Waals surface area contributed by atoms with Gasteiger partial charge in [0.1, 0.15) is 5.54 Å². The molecule has 6 nitrogen and oxygen atoms in total. The van der Waals surface area contributed by atoms with Crippen molar-refractivity contribution in [3.8, 4) is 5.69 Å². The van der Waals surface area contributed by atoms with Crippen molar-refractivity contribution in [3.05, 3.63) is 47.3 Å². The topological polar surface area (TPSA) is 84.2 Å². The standard InChI is InChI=1S/C19H23N3O3/c1-13-6-8-15(9-7-13)22-14(2)12-16(21-22)17(23)20-19(18(24)25)10-4-3-5-11-19/h6-9,12H,3-5,10-11H2,1-2H3,(H,20,23)(H,24,25). The predicted molar refractivity (Wildman–Crippen MR) is 94.0 cm³/mol. The predicted octanol–water partition coefficient (Wildman–Crippen LogP) is 3.01. The summed E-state index contributed by atoms with van der Waals surface area (Å²) in [6.07, 6.45) is 3.55. The van der Waals surface area contributed by atoms with Gasteiger partial charge in [-0.25, -0.2) is 9.48 Å². The molecule has 0 radical (unpaired) electrons. The molecule has 0 saturated heterocycles. The van der Waals surface area contributed by atoms with Crippen LogP contribution in [0.25, 0.3) is 5.69 Å². The maximum atomic E-state index is 12.6. The molecule has 1 heterocycles. The van der Waals surface area contributed by atoms with Crippen molar-refractivity contribution in [1.29, 1.82) is 0 Å². The number of aromatic nitrogens is 2. The van der Waals surface area contributed by atoms with Gasteiger partial charge >= 0.3 is 5.97 Å². The van der Waals surface area contributed by atoms with Gasteiger partial charge in [0.25, 0.3) is 5.91 Å². The fourth-order valence-electron chi connectivity index (χ4n) is 3.36. The highest BCUT2D eigenvalue weighted by atomic mass is 16.4. The number of hydrogen-bond acceptors (Lipinski definition) is 3. The van der Waals surface area contributed by atoms with Crippen LogP contribution in [0.4, 0.5) is 0 Å². The smallest absolute Gasteiger partial charge is 0.329 e. The van der Waals surface area contributed by atoms with Crippen LogP contribution in [0.5, 0.6) is 0 Å². The van der Waals surface area contributed by atoms with Gasteiger partial charge < -0.3 is 10.4 Å². The molecule has 0 aliphatic heterocycles. The first kappa shape index (κ1) is 17.2. The Balaban J connectivity index is 1.84. The van der Waals surface area contributed by atoms with E-state index in [0.29, 0.717) is 12.8 Å². The first-order chi connectivity index (χ1) is 11.9. The van der Waals surface area contributed by atoms with E-state index in [1.165, 1.54) is 0 Å². The minimum absolute atomic E-state index is 0.240. The monoisotopic (exact) mass is 341 g/mol. The van der Waals surface area contributed by atoms with Crippen molar-refractivity contribution in [2.24, 2.45) is 0 Å². The van der Waals surface area contributed by atoms with Gasteiger partial charge in [-0.3, -0.25) is 4.79 Å². The molecule has 0 unspecified atom stereocenters. The molecule has 0 atom stereocenters. The molecule has 132 valence electrons. The third-order valence-electron chi connectivity index (χ3n) is 4.87. The third kappa shape index (κ3) is 3.43. The van der Waals surface area contributed by atoms with Gasteiger partial charge in [-0.1, -0.05) is 37.0 Å². The Bertz CT molecular complexity index is 787. The number of rotatable bonds is 4. The number of carboxylic acids is 1. The Hall–Kier alpha value is -2.63. The molecule has 2 N–H and O–H groups in total. The molecule has 0 bridgehead atoms. The van der Waals surface area contributed by atoms with E-state index in [9.17, 15) is 14.7 Å². The van der Waals surface area contributed by atoms with Crippen molar-refractivity contribution < 1.29 is 14.7 Å². The normalized spacial score (nSPS) is 16.4. The summed E-state index contributed by atoms with van der Waals surface area (Å²) in [5.74, 6) is -1.39. The molecule has 1 aromatic carbocycles. The van der Waals surface area contributed by atoms with E-state index in [4.69, 9.17) is 0 Å². The van der Waals surface area contributed by atoms with E-state index in [0.717, 1.165) is 36.2 Å². The SMILES string of the molecule is Cc1ccc(-n2nc(C(=O)NC3(C(=O)O)CCCCC3)cc2C)cc1. The number of nitrogens with zero attached hydrogens (tertiary/aromatic N) is 2. The summed E-state index contributed by atoms with van der Waals surface area (Å²) in [7, 11) is 0. The largest absolute Gasteiger partial charge is 0.480 e. The van der Waals surface area contributed by atoms with E-state index in [1.807, 2.05) is 38.1 Å². The fourth-order valence-corrected chi connectivity index (χ4v) is 3.36. The van der Waals surface area contributed by atoms with Crippen molar-refractivity contribution >= 4 is 11.9 Å². The third-order valence-corrected chi connectivity index (χ3v) is 4.87. The maximum absolute atomic E-state index is 12.6. The van der Waals surface area contributed by atoms with E-state index >= 15 is 0 Å². The van der Waals surface area contributed by atoms with Crippen LogP contribution in [0.15, 0.2) is 30.3 Å². The van der Waals surface area contributed by atoms with Crippen LogP contribution in [-0.2, 0) is 4.79 Å². The maximum Gasteiger partial charge on any atom is 0.329 e. The lowest BCUT2D eigenvalue weighted by molar-refractivity contribution is -0.145. The molecular weight excluding hydrogens is 318 g/mol. The van der Waals surface area contributed by atoms with Crippen molar-refractivity contribution in [1.82, 2.24) is 15.1 Å². The lowest BCUT2D eigenvalue weighted by Crippen LogP contribution is -2.55. The molecule has 1 aliphatic carbocycles. The molecule has 2 aromatic rings. The lowest BCUT2D eigenvalue weighted by Gasteiger charge is -2.33. The van der Waals surface area contributed by atoms with Crippen LogP contribution in [0.2, 0.25) is 0 Å². The van der Waals surface area contributed by atoms with Crippen LogP contribution in [-0.4, -0.2) is 32.3 Å². The summed E-state index contributed by atoms with van der Waals surface area (Å²) in [5, 5.41) is 16.7. The zero-order valence-electron chi connectivity index (χ0n) is 14.6. The van der Waals surface area contributed by atoms with E-state index in [1.54, 1.807) is 10.7 Å². The number of carbonyl (C=O) groups is 2. The van der Waals surface area contributed by atoms with Gasteiger partial charge in [-0.2, -0.15) is 5.10 Å². The first-order valence-electron chi connectivity index (χ1n) is 8.61. The highest BCUT2D eigenvalue weighted by molar-refractivity contribution is 5.96. The Morgan fingerprint density at radius 1 is 1.12 bits per heavy atom. The molecule has 3 rings (SSSR count).